The maximum atomic E-state index is 12.6. The molecule has 0 bridgehead atoms. The molecule has 1 aliphatic rings. The summed E-state index contributed by atoms with van der Waals surface area (Å²) in [6.45, 7) is 4.94. The maximum Gasteiger partial charge on any atom is 3.00 e. The molecule has 0 saturated heterocycles. The van der Waals surface area contributed by atoms with Gasteiger partial charge in [-0.25, -0.2) is 0 Å². The molecule has 0 N–H and O–H groups in total. The summed E-state index contributed by atoms with van der Waals surface area (Å²) in [5.41, 5.74) is 5.15. The van der Waals surface area contributed by atoms with Gasteiger partial charge in [0.15, 0.2) is 0 Å². The first kappa shape index (κ1) is 24.4. The molecule has 0 aliphatic carbocycles. The molecule has 1 aromatic heterocycles. The second kappa shape index (κ2) is 12.1. The summed E-state index contributed by atoms with van der Waals surface area (Å²) in [4.78, 5) is 8.44. The standard InChI is InChI=1S/C17H12N.C11H11FN2.Ir/c1-3-7-14(8-4-1)16-11-12-17(18-13-16)15-9-5-2-6-10-15;1-2-13-7-8-14(9-13)11-5-3-10(12)4-6-11;/h1-9,11-13H;3-5,7-9H,2H2,1H3;/q-1;-2;+3. The molecule has 5 rings (SSSR count). The van der Waals surface area contributed by atoms with Crippen molar-refractivity contribution in [1.29, 1.82) is 0 Å². The van der Waals surface area contributed by atoms with Crippen molar-refractivity contribution < 1.29 is 24.5 Å². The normalized spacial score (nSPS) is 12.1. The fraction of sp³-hybridized carbons (Fsp3) is 0.0714. The van der Waals surface area contributed by atoms with Crippen molar-refractivity contribution in [2.24, 2.45) is 0 Å². The summed E-state index contributed by atoms with van der Waals surface area (Å²) in [7, 11) is 0. The van der Waals surface area contributed by atoms with Crippen LogP contribution in [0.3, 0.4) is 0 Å². The monoisotopic (exact) mass is 613 g/mol. The Morgan fingerprint density at radius 1 is 0.879 bits per heavy atom. The maximum absolute atomic E-state index is 12.6. The molecule has 0 radical (unpaired) electrons. The molecule has 4 aromatic rings. The largest absolute Gasteiger partial charge is 3.00 e. The third-order valence-electron chi connectivity index (χ3n) is 4.95. The molecular formula is C28H23FIrN3. The van der Waals surface area contributed by atoms with E-state index >= 15 is 0 Å². The topological polar surface area (TPSA) is 19.4 Å². The molecule has 0 fully saturated rings. The summed E-state index contributed by atoms with van der Waals surface area (Å²) in [6, 6.07) is 32.8. The van der Waals surface area contributed by atoms with Gasteiger partial charge in [-0.2, -0.15) is 12.7 Å². The first-order valence-corrected chi connectivity index (χ1v) is 10.5. The van der Waals surface area contributed by atoms with Crippen LogP contribution in [0.25, 0.3) is 22.4 Å². The summed E-state index contributed by atoms with van der Waals surface area (Å²) < 4.78 is 12.6. The van der Waals surface area contributed by atoms with Gasteiger partial charge >= 0.3 is 20.1 Å². The Bertz CT molecular complexity index is 1070. The number of nitrogens with zero attached hydrogens (tertiary/aromatic N) is 3. The van der Waals surface area contributed by atoms with Crippen LogP contribution in [0.1, 0.15) is 6.92 Å². The molecule has 0 atom stereocenters. The number of halogens is 1. The van der Waals surface area contributed by atoms with Gasteiger partial charge < -0.3 is 14.8 Å². The molecule has 3 nitrogen and oxygen atoms in total. The minimum absolute atomic E-state index is 0. The van der Waals surface area contributed by atoms with E-state index in [9.17, 15) is 4.39 Å². The Hall–Kier alpha value is -3.27. The van der Waals surface area contributed by atoms with E-state index in [-0.39, 0.29) is 25.9 Å². The molecule has 3 aromatic carbocycles. The predicted molar refractivity (Wildman–Crippen MR) is 127 cm³/mol. The van der Waals surface area contributed by atoms with Gasteiger partial charge in [0.25, 0.3) is 0 Å². The first-order chi connectivity index (χ1) is 15.7. The number of hydrogen-bond donors (Lipinski definition) is 0. The number of anilines is 1. The van der Waals surface area contributed by atoms with E-state index in [0.717, 1.165) is 29.1 Å². The van der Waals surface area contributed by atoms with E-state index in [0.29, 0.717) is 0 Å². The van der Waals surface area contributed by atoms with Crippen LogP contribution in [-0.2, 0) is 20.1 Å². The van der Waals surface area contributed by atoms with E-state index in [4.69, 9.17) is 0 Å². The van der Waals surface area contributed by atoms with Gasteiger partial charge in [0, 0.05) is 12.0 Å². The number of benzene rings is 3. The number of pyridine rings is 1. The van der Waals surface area contributed by atoms with Crippen LogP contribution in [0.4, 0.5) is 10.1 Å². The fourth-order valence-corrected chi connectivity index (χ4v) is 3.19. The quantitative estimate of drug-likeness (QED) is 0.243. The van der Waals surface area contributed by atoms with Crippen molar-refractivity contribution in [3.8, 4) is 22.4 Å². The zero-order chi connectivity index (χ0) is 22.2. The number of aromatic nitrogens is 1. The number of hydrogen-bond acceptors (Lipinski definition) is 3. The van der Waals surface area contributed by atoms with Crippen molar-refractivity contribution >= 4 is 5.69 Å². The van der Waals surface area contributed by atoms with Crippen molar-refractivity contribution in [3.63, 3.8) is 0 Å². The van der Waals surface area contributed by atoms with Crippen LogP contribution < -0.4 is 4.90 Å². The average molecular weight is 613 g/mol. The Balaban J connectivity index is 0.000000186. The first-order valence-electron chi connectivity index (χ1n) is 10.5. The van der Waals surface area contributed by atoms with Gasteiger partial charge in [-0.1, -0.05) is 49.4 Å². The average Bonchev–Trinajstić information content (AvgIpc) is 3.36. The van der Waals surface area contributed by atoms with Crippen LogP contribution in [0.2, 0.25) is 0 Å². The van der Waals surface area contributed by atoms with Crippen LogP contribution >= 0.6 is 0 Å². The molecule has 0 saturated carbocycles. The Kier molecular flexibility index (Phi) is 8.94. The third kappa shape index (κ3) is 6.61. The van der Waals surface area contributed by atoms with E-state index < -0.39 is 0 Å². The van der Waals surface area contributed by atoms with E-state index in [1.165, 1.54) is 17.7 Å². The van der Waals surface area contributed by atoms with Gasteiger partial charge in [0.05, 0.1) is 0 Å². The van der Waals surface area contributed by atoms with E-state index in [1.807, 2.05) is 83.6 Å². The van der Waals surface area contributed by atoms with Gasteiger partial charge in [0.2, 0.25) is 0 Å². The van der Waals surface area contributed by atoms with Crippen LogP contribution in [0.5, 0.6) is 0 Å². The molecule has 1 aliphatic heterocycles. The minimum atomic E-state index is -0.260. The van der Waals surface area contributed by atoms with Crippen LogP contribution in [0.15, 0.2) is 104 Å². The summed E-state index contributed by atoms with van der Waals surface area (Å²) in [5.74, 6) is -0.260. The molecule has 0 unspecified atom stereocenters. The molecule has 0 amide bonds. The molecule has 0 spiro atoms. The second-order valence-corrected chi connectivity index (χ2v) is 7.12. The smallest absolute Gasteiger partial charge is 0.508 e. The molecular weight excluding hydrogens is 590 g/mol. The van der Waals surface area contributed by atoms with Crippen molar-refractivity contribution in [2.45, 2.75) is 6.92 Å². The SMILES string of the molecule is CCN1C=CN(c2[c-]cc(F)cc2)[CH-]1.[Ir+3].[c-]1ccccc1-c1ccc(-c2ccccc2)cn1. The summed E-state index contributed by atoms with van der Waals surface area (Å²) in [6.07, 6.45) is 5.80. The predicted octanol–water partition coefficient (Wildman–Crippen LogP) is 6.57. The van der Waals surface area contributed by atoms with Crippen molar-refractivity contribution in [2.75, 3.05) is 11.4 Å². The third-order valence-corrected chi connectivity index (χ3v) is 4.95. The van der Waals surface area contributed by atoms with E-state index in [2.05, 4.69) is 42.2 Å². The van der Waals surface area contributed by atoms with Gasteiger partial charge in [0.1, 0.15) is 0 Å². The van der Waals surface area contributed by atoms with Crippen molar-refractivity contribution in [3.05, 3.63) is 128 Å². The molecule has 33 heavy (non-hydrogen) atoms. The fourth-order valence-electron chi connectivity index (χ4n) is 3.19. The zero-order valence-corrected chi connectivity index (χ0v) is 20.5. The summed E-state index contributed by atoms with van der Waals surface area (Å²) >= 11 is 0. The van der Waals surface area contributed by atoms with Gasteiger partial charge in [-0.05, 0) is 35.8 Å². The van der Waals surface area contributed by atoms with Crippen molar-refractivity contribution in [1.82, 2.24) is 9.88 Å². The van der Waals surface area contributed by atoms with Gasteiger partial charge in [-0.3, -0.25) is 4.39 Å². The number of rotatable bonds is 4. The molecule has 166 valence electrons. The minimum Gasteiger partial charge on any atom is -0.508 e. The van der Waals surface area contributed by atoms with Crippen LogP contribution in [0, 0.1) is 24.6 Å². The molecule has 5 heteroatoms. The molecule has 2 heterocycles. The zero-order valence-electron chi connectivity index (χ0n) is 18.2. The van der Waals surface area contributed by atoms with E-state index in [1.54, 1.807) is 6.07 Å². The second-order valence-electron chi connectivity index (χ2n) is 7.12. The van der Waals surface area contributed by atoms with Crippen LogP contribution in [-0.4, -0.2) is 16.4 Å². The summed E-state index contributed by atoms with van der Waals surface area (Å²) in [5, 5.41) is 0. The Morgan fingerprint density at radius 2 is 1.70 bits per heavy atom. The Labute approximate surface area is 208 Å². The Morgan fingerprint density at radius 3 is 2.30 bits per heavy atom. The van der Waals surface area contributed by atoms with Gasteiger partial charge in [-0.15, -0.1) is 59.8 Å².